The average molecular weight is 229 g/mol. The highest BCUT2D eigenvalue weighted by Crippen LogP contribution is 2.30. The maximum absolute atomic E-state index is 4.35. The molecule has 0 saturated carbocycles. The quantitative estimate of drug-likeness (QED) is 0.873. The summed E-state index contributed by atoms with van der Waals surface area (Å²) in [6.07, 6.45) is 6.60. The van der Waals surface area contributed by atoms with Gasteiger partial charge in [-0.25, -0.2) is 19.9 Å². The predicted octanol–water partition coefficient (Wildman–Crippen LogP) is 2.10. The molecule has 2 aromatic heterocycles. The molecule has 0 amide bonds. The zero-order valence-corrected chi connectivity index (χ0v) is 10.2. The van der Waals surface area contributed by atoms with Gasteiger partial charge in [-0.2, -0.15) is 0 Å². The molecule has 2 rings (SSSR count). The highest BCUT2D eigenvalue weighted by Gasteiger charge is 2.15. The molecule has 0 aliphatic carbocycles. The molecule has 1 N–H and O–H groups in total. The molecule has 5 nitrogen and oxygen atoms in total. The molecule has 0 bridgehead atoms. The Balaban J connectivity index is 2.62. The maximum atomic E-state index is 4.35. The number of hydrogen-bond donors (Lipinski definition) is 1. The van der Waals surface area contributed by atoms with Crippen molar-refractivity contribution in [2.24, 2.45) is 0 Å². The number of hydrogen-bond acceptors (Lipinski definition) is 5. The van der Waals surface area contributed by atoms with Gasteiger partial charge < -0.3 is 5.32 Å². The van der Waals surface area contributed by atoms with E-state index in [0.29, 0.717) is 5.92 Å². The Hall–Kier alpha value is -2.04. The van der Waals surface area contributed by atoms with Crippen LogP contribution >= 0.6 is 0 Å². The maximum Gasteiger partial charge on any atom is 0.133 e. The molecule has 0 spiro atoms. The summed E-state index contributed by atoms with van der Waals surface area (Å²) in [4.78, 5) is 16.6. The Morgan fingerprint density at radius 3 is 2.35 bits per heavy atom. The van der Waals surface area contributed by atoms with Crippen molar-refractivity contribution in [1.82, 2.24) is 19.9 Å². The van der Waals surface area contributed by atoms with Gasteiger partial charge in [-0.05, 0) is 5.92 Å². The number of aromatic nitrogens is 4. The lowest BCUT2D eigenvalue weighted by molar-refractivity contribution is 0.851. The minimum absolute atomic E-state index is 0.328. The smallest absolute Gasteiger partial charge is 0.133 e. The first-order chi connectivity index (χ1) is 8.24. The molecular formula is C12H15N5. The van der Waals surface area contributed by atoms with E-state index in [1.807, 2.05) is 7.05 Å². The summed E-state index contributed by atoms with van der Waals surface area (Å²) in [5.74, 6) is 1.18. The van der Waals surface area contributed by atoms with Crippen molar-refractivity contribution in [1.29, 1.82) is 0 Å². The predicted molar refractivity (Wildman–Crippen MR) is 66.7 cm³/mol. The molecule has 0 atom stereocenters. The van der Waals surface area contributed by atoms with Crippen molar-refractivity contribution >= 4 is 5.82 Å². The third-order valence-electron chi connectivity index (χ3n) is 2.53. The van der Waals surface area contributed by atoms with Crippen LogP contribution in [0.15, 0.2) is 25.0 Å². The first-order valence-electron chi connectivity index (χ1n) is 5.52. The molecule has 88 valence electrons. The Morgan fingerprint density at radius 2 is 1.76 bits per heavy atom. The molecule has 2 heterocycles. The molecule has 0 radical (unpaired) electrons. The Bertz CT molecular complexity index is 496. The molecule has 5 heteroatoms. The van der Waals surface area contributed by atoms with Gasteiger partial charge in [-0.1, -0.05) is 13.8 Å². The van der Waals surface area contributed by atoms with Gasteiger partial charge in [0.15, 0.2) is 0 Å². The number of nitrogens with zero attached hydrogens (tertiary/aromatic N) is 4. The van der Waals surface area contributed by atoms with E-state index in [9.17, 15) is 0 Å². The van der Waals surface area contributed by atoms with Crippen molar-refractivity contribution in [3.63, 3.8) is 0 Å². The highest BCUT2D eigenvalue weighted by atomic mass is 15.0. The molecule has 2 aromatic rings. The van der Waals surface area contributed by atoms with Gasteiger partial charge in [-0.3, -0.25) is 0 Å². The van der Waals surface area contributed by atoms with Gasteiger partial charge in [0.25, 0.3) is 0 Å². The molecule has 0 unspecified atom stereocenters. The van der Waals surface area contributed by atoms with Crippen LogP contribution in [0.1, 0.15) is 25.3 Å². The van der Waals surface area contributed by atoms with Gasteiger partial charge in [0.2, 0.25) is 0 Å². The molecule has 0 saturated heterocycles. The SMILES string of the molecule is CNc1ncnc(-c2cncnc2)c1C(C)C. The van der Waals surface area contributed by atoms with Crippen molar-refractivity contribution in [2.75, 3.05) is 12.4 Å². The summed E-state index contributed by atoms with van der Waals surface area (Å²) < 4.78 is 0. The van der Waals surface area contributed by atoms with Crippen LogP contribution in [0.4, 0.5) is 5.82 Å². The third kappa shape index (κ3) is 2.22. The second-order valence-electron chi connectivity index (χ2n) is 4.02. The zero-order chi connectivity index (χ0) is 12.3. The van der Waals surface area contributed by atoms with E-state index in [0.717, 1.165) is 22.6 Å². The van der Waals surface area contributed by atoms with E-state index in [1.165, 1.54) is 6.33 Å². The van der Waals surface area contributed by atoms with Gasteiger partial charge in [0.1, 0.15) is 18.5 Å². The van der Waals surface area contributed by atoms with Gasteiger partial charge in [0, 0.05) is 30.6 Å². The lowest BCUT2D eigenvalue weighted by Crippen LogP contribution is -2.04. The van der Waals surface area contributed by atoms with Crippen LogP contribution < -0.4 is 5.32 Å². The average Bonchev–Trinajstić information content (AvgIpc) is 2.38. The second-order valence-corrected chi connectivity index (χ2v) is 4.02. The number of nitrogens with one attached hydrogen (secondary N) is 1. The van der Waals surface area contributed by atoms with E-state index in [2.05, 4.69) is 39.1 Å². The van der Waals surface area contributed by atoms with Gasteiger partial charge >= 0.3 is 0 Å². The highest BCUT2D eigenvalue weighted by molar-refractivity contribution is 5.67. The largest absolute Gasteiger partial charge is 0.373 e. The first-order valence-corrected chi connectivity index (χ1v) is 5.52. The van der Waals surface area contributed by atoms with Crippen molar-refractivity contribution in [2.45, 2.75) is 19.8 Å². The summed E-state index contributed by atoms with van der Waals surface area (Å²) in [6.45, 7) is 4.24. The summed E-state index contributed by atoms with van der Waals surface area (Å²) in [6, 6.07) is 0. The summed E-state index contributed by atoms with van der Waals surface area (Å²) in [5.41, 5.74) is 2.89. The third-order valence-corrected chi connectivity index (χ3v) is 2.53. The van der Waals surface area contributed by atoms with E-state index >= 15 is 0 Å². The molecule has 0 aliphatic heterocycles. The molecule has 0 aliphatic rings. The van der Waals surface area contributed by atoms with E-state index in [1.54, 1.807) is 18.7 Å². The molecule has 0 fully saturated rings. The minimum atomic E-state index is 0.328. The normalized spacial score (nSPS) is 10.6. The fourth-order valence-corrected chi connectivity index (χ4v) is 1.79. The van der Waals surface area contributed by atoms with Crippen molar-refractivity contribution < 1.29 is 0 Å². The number of rotatable bonds is 3. The minimum Gasteiger partial charge on any atom is -0.373 e. The fraction of sp³-hybridized carbons (Fsp3) is 0.333. The van der Waals surface area contributed by atoms with Gasteiger partial charge in [-0.15, -0.1) is 0 Å². The monoisotopic (exact) mass is 229 g/mol. The molecule has 0 aromatic carbocycles. The topological polar surface area (TPSA) is 63.6 Å². The van der Waals surface area contributed by atoms with E-state index < -0.39 is 0 Å². The Kier molecular flexibility index (Phi) is 3.27. The molecular weight excluding hydrogens is 214 g/mol. The van der Waals surface area contributed by atoms with Crippen LogP contribution in [-0.2, 0) is 0 Å². The first kappa shape index (κ1) is 11.4. The van der Waals surface area contributed by atoms with E-state index in [4.69, 9.17) is 0 Å². The van der Waals surface area contributed by atoms with Gasteiger partial charge in [0.05, 0.1) is 5.69 Å². The van der Waals surface area contributed by atoms with Crippen LogP contribution in [0.2, 0.25) is 0 Å². The van der Waals surface area contributed by atoms with Crippen molar-refractivity contribution in [3.05, 3.63) is 30.6 Å². The fourth-order valence-electron chi connectivity index (χ4n) is 1.79. The number of anilines is 1. The van der Waals surface area contributed by atoms with Crippen LogP contribution in [0.25, 0.3) is 11.3 Å². The van der Waals surface area contributed by atoms with Crippen molar-refractivity contribution in [3.8, 4) is 11.3 Å². The Labute approximate surface area is 100 Å². The van der Waals surface area contributed by atoms with Crippen LogP contribution in [0.5, 0.6) is 0 Å². The summed E-state index contributed by atoms with van der Waals surface area (Å²) >= 11 is 0. The van der Waals surface area contributed by atoms with Crippen LogP contribution in [-0.4, -0.2) is 27.0 Å². The lowest BCUT2D eigenvalue weighted by atomic mass is 9.99. The van der Waals surface area contributed by atoms with E-state index in [-0.39, 0.29) is 0 Å². The lowest BCUT2D eigenvalue weighted by Gasteiger charge is -2.15. The second kappa shape index (κ2) is 4.86. The zero-order valence-electron chi connectivity index (χ0n) is 10.2. The summed E-state index contributed by atoms with van der Waals surface area (Å²) in [5, 5.41) is 3.10. The van der Waals surface area contributed by atoms with Crippen LogP contribution in [0, 0.1) is 0 Å². The van der Waals surface area contributed by atoms with Crippen LogP contribution in [0.3, 0.4) is 0 Å². The standard InChI is InChI=1S/C12H15N5/c1-8(2)10-11(9-4-14-6-15-5-9)16-7-17-12(10)13-3/h4-8H,1-3H3,(H,13,16,17). The Morgan fingerprint density at radius 1 is 1.06 bits per heavy atom. The molecule has 17 heavy (non-hydrogen) atoms. The summed E-state index contributed by atoms with van der Waals surface area (Å²) in [7, 11) is 1.86.